The Hall–Kier alpha value is -2.52. The maximum atomic E-state index is 14.9. The average Bonchev–Trinajstić information content (AvgIpc) is 3.21. The fourth-order valence-corrected chi connectivity index (χ4v) is 5.01. The minimum absolute atomic E-state index is 0.105. The van der Waals surface area contributed by atoms with Crippen LogP contribution in [0.5, 0.6) is 0 Å². The Kier molecular flexibility index (Phi) is 6.76. The van der Waals surface area contributed by atoms with Gasteiger partial charge in [-0.2, -0.15) is 13.2 Å². The Morgan fingerprint density at radius 3 is 2.59 bits per heavy atom. The van der Waals surface area contributed by atoms with Gasteiger partial charge in [0.2, 0.25) is 0 Å². The predicted molar refractivity (Wildman–Crippen MR) is 118 cm³/mol. The van der Waals surface area contributed by atoms with Crippen LogP contribution < -0.4 is 4.90 Å². The molecule has 0 saturated carbocycles. The Labute approximate surface area is 188 Å². The molecule has 0 saturated heterocycles. The molecule has 2 aromatic carbocycles. The van der Waals surface area contributed by atoms with Crippen molar-refractivity contribution in [2.45, 2.75) is 50.0 Å². The number of nitrogens with zero attached hydrogens (tertiary/aromatic N) is 3. The third-order valence-electron chi connectivity index (χ3n) is 5.53. The van der Waals surface area contributed by atoms with Gasteiger partial charge >= 0.3 is 6.18 Å². The first-order valence-corrected chi connectivity index (χ1v) is 11.2. The van der Waals surface area contributed by atoms with Gasteiger partial charge in [-0.15, -0.1) is 0 Å². The second kappa shape index (κ2) is 9.54. The third kappa shape index (κ3) is 5.10. The topological polar surface area (TPSA) is 35.2 Å². The van der Waals surface area contributed by atoms with Crippen molar-refractivity contribution >= 4 is 17.6 Å². The number of rotatable bonds is 6. The molecule has 2 heterocycles. The van der Waals surface area contributed by atoms with Crippen LogP contribution >= 0.6 is 11.9 Å². The minimum atomic E-state index is -4.37. The zero-order valence-corrected chi connectivity index (χ0v) is 18.4. The standard InChI is InChI=1S/C23H24F4N4S/c1-2-4-18-13-30(32-19-9-7-16(8-10-19)23(25,26)27)14-20-21(24)5-3-6-22(20)31(18)12-17-11-28-15-29-17/h3,5-11,15,18H,2,4,12-14H2,1H3,(H,28,29). The van der Waals surface area contributed by atoms with Crippen molar-refractivity contribution < 1.29 is 17.6 Å². The van der Waals surface area contributed by atoms with E-state index in [2.05, 4.69) is 21.8 Å². The summed E-state index contributed by atoms with van der Waals surface area (Å²) in [6.07, 6.45) is 0.873. The van der Waals surface area contributed by atoms with Crippen molar-refractivity contribution in [3.8, 4) is 0 Å². The van der Waals surface area contributed by atoms with E-state index in [9.17, 15) is 17.6 Å². The highest BCUT2D eigenvalue weighted by Crippen LogP contribution is 2.37. The van der Waals surface area contributed by atoms with Crippen molar-refractivity contribution in [1.82, 2.24) is 14.3 Å². The summed E-state index contributed by atoms with van der Waals surface area (Å²) in [6.45, 7) is 3.67. The summed E-state index contributed by atoms with van der Waals surface area (Å²) in [5.74, 6) is -0.285. The number of benzene rings is 2. The lowest BCUT2D eigenvalue weighted by molar-refractivity contribution is -0.137. The van der Waals surface area contributed by atoms with Gasteiger partial charge in [-0.1, -0.05) is 19.4 Å². The first kappa shape index (κ1) is 22.7. The molecule has 1 aromatic heterocycles. The summed E-state index contributed by atoms with van der Waals surface area (Å²) in [5.41, 5.74) is 1.69. The van der Waals surface area contributed by atoms with Gasteiger partial charge in [-0.25, -0.2) is 13.7 Å². The van der Waals surface area contributed by atoms with Crippen LogP contribution in [0.25, 0.3) is 0 Å². The van der Waals surface area contributed by atoms with Gasteiger partial charge in [0.15, 0.2) is 0 Å². The van der Waals surface area contributed by atoms with E-state index >= 15 is 0 Å². The molecule has 0 radical (unpaired) electrons. The third-order valence-corrected chi connectivity index (χ3v) is 6.55. The van der Waals surface area contributed by atoms with Gasteiger partial charge in [0.25, 0.3) is 0 Å². The number of alkyl halides is 3. The van der Waals surface area contributed by atoms with Gasteiger partial charge < -0.3 is 9.88 Å². The van der Waals surface area contributed by atoms with Crippen LogP contribution in [0, 0.1) is 5.82 Å². The van der Waals surface area contributed by atoms with E-state index in [0.717, 1.165) is 36.4 Å². The van der Waals surface area contributed by atoms with E-state index in [4.69, 9.17) is 0 Å². The van der Waals surface area contributed by atoms with Gasteiger partial charge in [-0.05, 0) is 54.8 Å². The molecule has 0 aliphatic carbocycles. The van der Waals surface area contributed by atoms with E-state index in [0.29, 0.717) is 30.1 Å². The summed E-state index contributed by atoms with van der Waals surface area (Å²) in [7, 11) is 0. The molecular formula is C23H24F4N4S. The number of imidazole rings is 1. The van der Waals surface area contributed by atoms with Crippen LogP contribution in [-0.2, 0) is 19.3 Å². The maximum Gasteiger partial charge on any atom is 0.416 e. The molecule has 0 spiro atoms. The summed E-state index contributed by atoms with van der Waals surface area (Å²) in [5, 5.41) is 0. The summed E-state index contributed by atoms with van der Waals surface area (Å²) in [6, 6.07) is 10.3. The van der Waals surface area contributed by atoms with Crippen molar-refractivity contribution in [2.24, 2.45) is 0 Å². The second-order valence-corrected chi connectivity index (χ2v) is 8.99. The number of aromatic amines is 1. The second-order valence-electron chi connectivity index (χ2n) is 7.82. The number of hydrogen-bond acceptors (Lipinski definition) is 4. The summed E-state index contributed by atoms with van der Waals surface area (Å²) >= 11 is 1.36. The molecule has 9 heteroatoms. The molecular weight excluding hydrogens is 440 g/mol. The van der Waals surface area contributed by atoms with E-state index < -0.39 is 11.7 Å². The molecule has 170 valence electrons. The molecule has 4 nitrogen and oxygen atoms in total. The highest BCUT2D eigenvalue weighted by Gasteiger charge is 2.32. The number of aromatic nitrogens is 2. The van der Waals surface area contributed by atoms with Crippen LogP contribution in [0.1, 0.15) is 36.6 Å². The van der Waals surface area contributed by atoms with Crippen LogP contribution in [0.15, 0.2) is 59.9 Å². The van der Waals surface area contributed by atoms with Gasteiger partial charge in [0.1, 0.15) is 5.82 Å². The zero-order chi connectivity index (χ0) is 22.7. The Bertz CT molecular complexity index is 1020. The number of anilines is 1. The number of halogens is 4. The van der Waals surface area contributed by atoms with Crippen molar-refractivity contribution in [1.29, 1.82) is 0 Å². The molecule has 32 heavy (non-hydrogen) atoms. The zero-order valence-electron chi connectivity index (χ0n) is 17.6. The number of H-pyrrole nitrogens is 1. The van der Waals surface area contributed by atoms with Gasteiger partial charge in [-0.3, -0.25) is 0 Å². The molecule has 0 fully saturated rings. The molecule has 0 amide bonds. The molecule has 1 aliphatic rings. The summed E-state index contributed by atoms with van der Waals surface area (Å²) < 4.78 is 55.7. The molecule has 3 aromatic rings. The lowest BCUT2D eigenvalue weighted by Crippen LogP contribution is -2.40. The van der Waals surface area contributed by atoms with Crippen LogP contribution in [-0.4, -0.2) is 26.9 Å². The first-order chi connectivity index (χ1) is 15.3. The Morgan fingerprint density at radius 1 is 1.16 bits per heavy atom. The summed E-state index contributed by atoms with van der Waals surface area (Å²) in [4.78, 5) is 10.1. The molecule has 1 atom stereocenters. The molecule has 0 bridgehead atoms. The molecule has 1 N–H and O–H groups in total. The lowest BCUT2D eigenvalue weighted by Gasteiger charge is -2.33. The number of nitrogens with one attached hydrogen (secondary N) is 1. The normalized spacial score (nSPS) is 17.3. The fraction of sp³-hybridized carbons (Fsp3) is 0.348. The van der Waals surface area contributed by atoms with Crippen LogP contribution in [0.4, 0.5) is 23.2 Å². The van der Waals surface area contributed by atoms with E-state index in [-0.39, 0.29) is 11.9 Å². The predicted octanol–water partition coefficient (Wildman–Crippen LogP) is 6.27. The quantitative estimate of drug-likeness (QED) is 0.345. The van der Waals surface area contributed by atoms with Crippen molar-refractivity contribution in [2.75, 3.05) is 11.4 Å². The minimum Gasteiger partial charge on any atom is -0.361 e. The first-order valence-electron chi connectivity index (χ1n) is 10.5. The SMILES string of the molecule is CCCC1CN(Sc2ccc(C(F)(F)F)cc2)Cc2c(F)cccc2N1Cc1cnc[nH]1. The smallest absolute Gasteiger partial charge is 0.361 e. The largest absolute Gasteiger partial charge is 0.416 e. The molecule has 4 rings (SSSR count). The van der Waals surface area contributed by atoms with Crippen LogP contribution in [0.3, 0.4) is 0 Å². The van der Waals surface area contributed by atoms with Gasteiger partial charge in [0.05, 0.1) is 24.1 Å². The molecule has 1 aliphatic heterocycles. The number of fused-ring (bicyclic) bond motifs is 1. The monoisotopic (exact) mass is 464 g/mol. The van der Waals surface area contributed by atoms with Crippen molar-refractivity contribution in [3.05, 3.63) is 77.6 Å². The highest BCUT2D eigenvalue weighted by molar-refractivity contribution is 7.97. The van der Waals surface area contributed by atoms with E-state index in [1.165, 1.54) is 30.1 Å². The lowest BCUT2D eigenvalue weighted by atomic mass is 10.1. The van der Waals surface area contributed by atoms with Crippen molar-refractivity contribution in [3.63, 3.8) is 0 Å². The maximum absolute atomic E-state index is 14.9. The number of hydrogen-bond donors (Lipinski definition) is 1. The highest BCUT2D eigenvalue weighted by atomic mass is 32.2. The van der Waals surface area contributed by atoms with E-state index in [1.54, 1.807) is 18.6 Å². The van der Waals surface area contributed by atoms with Crippen LogP contribution in [0.2, 0.25) is 0 Å². The van der Waals surface area contributed by atoms with Gasteiger partial charge in [0, 0.05) is 41.5 Å². The Balaban J connectivity index is 1.64. The Morgan fingerprint density at radius 2 is 1.94 bits per heavy atom. The molecule has 1 unspecified atom stereocenters. The average molecular weight is 465 g/mol. The van der Waals surface area contributed by atoms with E-state index in [1.807, 2.05) is 10.4 Å². The fourth-order valence-electron chi connectivity index (χ4n) is 4.02.